The third-order valence-corrected chi connectivity index (χ3v) is 5.57. The molecule has 2 fully saturated rings. The summed E-state index contributed by atoms with van der Waals surface area (Å²) in [5, 5.41) is 6.04. The number of urea groups is 1. The summed E-state index contributed by atoms with van der Waals surface area (Å²) in [4.78, 5) is 26.5. The number of nitrogens with one attached hydrogen (secondary N) is 2. The molecule has 1 aliphatic heterocycles. The van der Waals surface area contributed by atoms with Crippen molar-refractivity contribution >= 4 is 17.6 Å². The van der Waals surface area contributed by atoms with Crippen LogP contribution in [0, 0.1) is 5.92 Å². The highest BCUT2D eigenvalue weighted by Gasteiger charge is 2.33. The van der Waals surface area contributed by atoms with Gasteiger partial charge in [-0.3, -0.25) is 4.79 Å². The zero-order valence-corrected chi connectivity index (χ0v) is 16.3. The first kappa shape index (κ1) is 19.3. The molecule has 2 N–H and O–H groups in total. The number of hydrogen-bond donors (Lipinski definition) is 2. The van der Waals surface area contributed by atoms with Gasteiger partial charge in [0.25, 0.3) is 0 Å². The first-order valence-corrected chi connectivity index (χ1v) is 9.61. The van der Waals surface area contributed by atoms with E-state index in [1.165, 1.54) is 6.42 Å². The predicted molar refractivity (Wildman–Crippen MR) is 103 cm³/mol. The lowest BCUT2D eigenvalue weighted by atomic mass is 9.86. The summed E-state index contributed by atoms with van der Waals surface area (Å²) < 4.78 is 10.6. The van der Waals surface area contributed by atoms with Crippen molar-refractivity contribution in [3.8, 4) is 11.5 Å². The lowest BCUT2D eigenvalue weighted by Gasteiger charge is -2.30. The van der Waals surface area contributed by atoms with Crippen LogP contribution in [0.3, 0.4) is 0 Å². The van der Waals surface area contributed by atoms with Gasteiger partial charge in [0, 0.05) is 30.8 Å². The van der Waals surface area contributed by atoms with Crippen molar-refractivity contribution in [1.82, 2.24) is 10.6 Å². The highest BCUT2D eigenvalue weighted by molar-refractivity contribution is 5.97. The first-order valence-electron chi connectivity index (χ1n) is 9.61. The molecule has 0 aromatic heterocycles. The summed E-state index contributed by atoms with van der Waals surface area (Å²) in [6, 6.07) is 5.22. The van der Waals surface area contributed by atoms with Crippen molar-refractivity contribution in [1.29, 1.82) is 0 Å². The van der Waals surface area contributed by atoms with Crippen molar-refractivity contribution in [2.75, 3.05) is 25.7 Å². The van der Waals surface area contributed by atoms with Crippen LogP contribution in [0.2, 0.25) is 0 Å². The molecule has 1 heterocycles. The summed E-state index contributed by atoms with van der Waals surface area (Å²) in [7, 11) is 3.14. The van der Waals surface area contributed by atoms with Gasteiger partial charge in [-0.25, -0.2) is 4.79 Å². The van der Waals surface area contributed by atoms with Gasteiger partial charge in [0.1, 0.15) is 0 Å². The largest absolute Gasteiger partial charge is 0.493 e. The molecule has 3 amide bonds. The molecular formula is C20H29N3O4. The van der Waals surface area contributed by atoms with Crippen LogP contribution in [0.1, 0.15) is 39.0 Å². The van der Waals surface area contributed by atoms with Gasteiger partial charge in [-0.15, -0.1) is 0 Å². The van der Waals surface area contributed by atoms with E-state index < -0.39 is 0 Å². The average molecular weight is 375 g/mol. The zero-order valence-electron chi connectivity index (χ0n) is 16.3. The number of carbonyl (C=O) groups is 2. The molecule has 0 bridgehead atoms. The molecule has 0 spiro atoms. The van der Waals surface area contributed by atoms with Crippen LogP contribution < -0.4 is 25.0 Å². The molecule has 1 aromatic rings. The molecule has 3 unspecified atom stereocenters. The summed E-state index contributed by atoms with van der Waals surface area (Å²) >= 11 is 0. The number of anilines is 1. The number of ether oxygens (including phenoxy) is 2. The minimum absolute atomic E-state index is 0.0152. The second-order valence-electron chi connectivity index (χ2n) is 7.43. The highest BCUT2D eigenvalue weighted by Crippen LogP contribution is 2.33. The first-order chi connectivity index (χ1) is 13.0. The number of methoxy groups -OCH3 is 2. The third kappa shape index (κ3) is 4.46. The van der Waals surface area contributed by atoms with Crippen molar-refractivity contribution < 1.29 is 19.1 Å². The SMILES string of the molecule is COc1ccc(N2CC(NC(=O)NC3CCCCC3C)CC2=O)cc1OC. The number of nitrogens with zero attached hydrogens (tertiary/aromatic N) is 1. The summed E-state index contributed by atoms with van der Waals surface area (Å²) in [6.45, 7) is 2.63. The fraction of sp³-hybridized carbons (Fsp3) is 0.600. The molecule has 0 radical (unpaired) electrons. The molecule has 2 aliphatic rings. The molecular weight excluding hydrogens is 346 g/mol. The van der Waals surface area contributed by atoms with Gasteiger partial charge in [0.15, 0.2) is 11.5 Å². The van der Waals surface area contributed by atoms with E-state index in [0.717, 1.165) is 24.9 Å². The fourth-order valence-corrected chi connectivity index (χ4v) is 3.97. The minimum Gasteiger partial charge on any atom is -0.493 e. The molecule has 3 rings (SSSR count). The standard InChI is InChI=1S/C20H29N3O4/c1-13-6-4-5-7-16(13)22-20(25)21-14-10-19(24)23(12-14)15-8-9-17(26-2)18(11-15)27-3/h8-9,11,13-14,16H,4-7,10,12H2,1-3H3,(H2,21,22,25). The van der Waals surface area contributed by atoms with Crippen molar-refractivity contribution in [3.05, 3.63) is 18.2 Å². The quantitative estimate of drug-likeness (QED) is 0.829. The fourth-order valence-electron chi connectivity index (χ4n) is 3.97. The number of benzene rings is 1. The maximum Gasteiger partial charge on any atom is 0.315 e. The smallest absolute Gasteiger partial charge is 0.315 e. The van der Waals surface area contributed by atoms with E-state index in [9.17, 15) is 9.59 Å². The van der Waals surface area contributed by atoms with Gasteiger partial charge < -0.3 is 25.0 Å². The van der Waals surface area contributed by atoms with E-state index in [2.05, 4.69) is 17.6 Å². The van der Waals surface area contributed by atoms with Gasteiger partial charge >= 0.3 is 6.03 Å². The topological polar surface area (TPSA) is 79.9 Å². The Morgan fingerprint density at radius 2 is 1.85 bits per heavy atom. The molecule has 3 atom stereocenters. The van der Waals surface area contributed by atoms with E-state index in [0.29, 0.717) is 30.4 Å². The van der Waals surface area contributed by atoms with Gasteiger partial charge in [-0.2, -0.15) is 0 Å². The van der Waals surface area contributed by atoms with E-state index in [1.807, 2.05) is 6.07 Å². The minimum atomic E-state index is -0.204. The summed E-state index contributed by atoms with van der Waals surface area (Å²) in [6.07, 6.45) is 4.86. The molecule has 7 heteroatoms. The lowest BCUT2D eigenvalue weighted by molar-refractivity contribution is -0.117. The van der Waals surface area contributed by atoms with E-state index >= 15 is 0 Å². The second kappa shape index (κ2) is 8.50. The lowest BCUT2D eigenvalue weighted by Crippen LogP contribution is -2.49. The number of rotatable bonds is 5. The predicted octanol–water partition coefficient (Wildman–Crippen LogP) is 2.69. The Labute approximate surface area is 160 Å². The highest BCUT2D eigenvalue weighted by atomic mass is 16.5. The number of amides is 3. The molecule has 1 saturated heterocycles. The van der Waals surface area contributed by atoms with Crippen LogP contribution in [-0.4, -0.2) is 44.8 Å². The summed E-state index contributed by atoms with van der Waals surface area (Å²) in [5.41, 5.74) is 0.739. The molecule has 1 aromatic carbocycles. The average Bonchev–Trinajstić information content (AvgIpc) is 3.03. The third-order valence-electron chi connectivity index (χ3n) is 5.57. The normalized spacial score (nSPS) is 25.2. The van der Waals surface area contributed by atoms with Crippen LogP contribution in [-0.2, 0) is 4.79 Å². The Hall–Kier alpha value is -2.44. The van der Waals surface area contributed by atoms with Crippen molar-refractivity contribution in [3.63, 3.8) is 0 Å². The van der Waals surface area contributed by atoms with Crippen LogP contribution in [0.15, 0.2) is 18.2 Å². The van der Waals surface area contributed by atoms with Gasteiger partial charge in [0.2, 0.25) is 5.91 Å². The zero-order chi connectivity index (χ0) is 19.4. The molecule has 1 saturated carbocycles. The van der Waals surface area contributed by atoms with E-state index in [-0.39, 0.29) is 24.0 Å². The summed E-state index contributed by atoms with van der Waals surface area (Å²) in [5.74, 6) is 1.67. The van der Waals surface area contributed by atoms with Crippen LogP contribution in [0.4, 0.5) is 10.5 Å². The maximum absolute atomic E-state index is 12.4. The molecule has 27 heavy (non-hydrogen) atoms. The van der Waals surface area contributed by atoms with E-state index in [1.54, 1.807) is 31.3 Å². The Morgan fingerprint density at radius 3 is 2.56 bits per heavy atom. The monoisotopic (exact) mass is 375 g/mol. The molecule has 1 aliphatic carbocycles. The van der Waals surface area contributed by atoms with Crippen molar-refractivity contribution in [2.45, 2.75) is 51.1 Å². The van der Waals surface area contributed by atoms with Gasteiger partial charge in [0.05, 0.1) is 20.3 Å². The number of carbonyl (C=O) groups excluding carboxylic acids is 2. The Kier molecular flexibility index (Phi) is 6.08. The van der Waals surface area contributed by atoms with E-state index in [4.69, 9.17) is 9.47 Å². The van der Waals surface area contributed by atoms with Gasteiger partial charge in [-0.1, -0.05) is 19.8 Å². The number of hydrogen-bond acceptors (Lipinski definition) is 4. The Morgan fingerprint density at radius 1 is 1.11 bits per heavy atom. The second-order valence-corrected chi connectivity index (χ2v) is 7.43. The molecule has 7 nitrogen and oxygen atoms in total. The van der Waals surface area contributed by atoms with Gasteiger partial charge in [-0.05, 0) is 30.9 Å². The Bertz CT molecular complexity index is 694. The molecule has 148 valence electrons. The van der Waals surface area contributed by atoms with Crippen molar-refractivity contribution in [2.24, 2.45) is 5.92 Å². The Balaban J connectivity index is 1.59. The van der Waals surface area contributed by atoms with Crippen LogP contribution >= 0.6 is 0 Å². The van der Waals surface area contributed by atoms with Crippen LogP contribution in [0.5, 0.6) is 11.5 Å². The maximum atomic E-state index is 12.4. The van der Waals surface area contributed by atoms with Crippen LogP contribution in [0.25, 0.3) is 0 Å².